The first kappa shape index (κ1) is 20.9. The summed E-state index contributed by atoms with van der Waals surface area (Å²) in [6, 6.07) is 11.3. The van der Waals surface area contributed by atoms with Crippen molar-refractivity contribution in [3.63, 3.8) is 0 Å². The highest BCUT2D eigenvalue weighted by atomic mass is 32.2. The van der Waals surface area contributed by atoms with Crippen LogP contribution in [0.4, 0.5) is 9.18 Å². The zero-order valence-electron chi connectivity index (χ0n) is 16.0. The number of ether oxygens (including phenoxy) is 3. The van der Waals surface area contributed by atoms with Crippen molar-refractivity contribution in [1.82, 2.24) is 4.90 Å². The summed E-state index contributed by atoms with van der Waals surface area (Å²) >= 11 is 0.894. The van der Waals surface area contributed by atoms with E-state index in [1.807, 2.05) is 0 Å². The van der Waals surface area contributed by atoms with Crippen LogP contribution in [0, 0.1) is 5.82 Å². The lowest BCUT2D eigenvalue weighted by Crippen LogP contribution is -2.31. The Labute approximate surface area is 172 Å². The van der Waals surface area contributed by atoms with Gasteiger partial charge >= 0.3 is 0 Å². The molecule has 0 N–H and O–H groups in total. The van der Waals surface area contributed by atoms with Crippen LogP contribution < -0.4 is 9.47 Å². The number of amides is 2. The largest absolute Gasteiger partial charge is 0.493 e. The molecular weight excluding hydrogens is 397 g/mol. The molecule has 1 saturated heterocycles. The third-order valence-corrected chi connectivity index (χ3v) is 5.09. The molecule has 2 aromatic rings. The molecule has 0 bridgehead atoms. The topological polar surface area (TPSA) is 65.1 Å². The second-order valence-corrected chi connectivity index (χ2v) is 7.14. The van der Waals surface area contributed by atoms with Gasteiger partial charge in [0.2, 0.25) is 0 Å². The number of rotatable bonds is 8. The predicted molar refractivity (Wildman–Crippen MR) is 108 cm³/mol. The van der Waals surface area contributed by atoms with E-state index in [0.29, 0.717) is 28.6 Å². The molecule has 1 aliphatic heterocycles. The Balaban J connectivity index is 1.73. The van der Waals surface area contributed by atoms with Crippen LogP contribution >= 0.6 is 11.8 Å². The van der Waals surface area contributed by atoms with Gasteiger partial charge in [-0.25, -0.2) is 4.39 Å². The highest BCUT2D eigenvalue weighted by Crippen LogP contribution is 2.34. The van der Waals surface area contributed by atoms with Crippen LogP contribution in [0.25, 0.3) is 6.08 Å². The Hall–Kier alpha value is -2.84. The molecule has 2 amide bonds. The maximum absolute atomic E-state index is 13.0. The first-order chi connectivity index (χ1) is 14.0. The number of hydrogen-bond donors (Lipinski definition) is 0. The van der Waals surface area contributed by atoms with Crippen molar-refractivity contribution >= 4 is 29.0 Å². The molecular formula is C21H20FNO5S. The van der Waals surface area contributed by atoms with Gasteiger partial charge in [-0.15, -0.1) is 0 Å². The lowest BCUT2D eigenvalue weighted by molar-refractivity contribution is -0.123. The van der Waals surface area contributed by atoms with Crippen molar-refractivity contribution in [2.45, 2.75) is 6.61 Å². The molecule has 0 radical (unpaired) electrons. The van der Waals surface area contributed by atoms with Gasteiger partial charge in [-0.2, -0.15) is 0 Å². The Bertz CT molecular complexity index is 929. The Morgan fingerprint density at radius 2 is 1.83 bits per heavy atom. The van der Waals surface area contributed by atoms with Gasteiger partial charge in [0.25, 0.3) is 11.1 Å². The van der Waals surface area contributed by atoms with Crippen molar-refractivity contribution in [1.29, 1.82) is 0 Å². The minimum atomic E-state index is -0.340. The maximum Gasteiger partial charge on any atom is 0.293 e. The fraction of sp³-hybridized carbons (Fsp3) is 0.238. The van der Waals surface area contributed by atoms with Crippen molar-refractivity contribution in [2.75, 3.05) is 27.4 Å². The molecule has 0 unspecified atom stereocenters. The van der Waals surface area contributed by atoms with Gasteiger partial charge in [-0.3, -0.25) is 14.5 Å². The van der Waals surface area contributed by atoms with Crippen molar-refractivity contribution in [3.05, 3.63) is 64.3 Å². The maximum atomic E-state index is 13.0. The summed E-state index contributed by atoms with van der Waals surface area (Å²) in [7, 11) is 3.03. The van der Waals surface area contributed by atoms with Crippen LogP contribution in [0.5, 0.6) is 11.5 Å². The second-order valence-electron chi connectivity index (χ2n) is 6.15. The number of carbonyl (C=O) groups is 2. The molecule has 0 aliphatic carbocycles. The molecule has 0 saturated carbocycles. The fourth-order valence-corrected chi connectivity index (χ4v) is 3.53. The van der Waals surface area contributed by atoms with E-state index in [1.165, 1.54) is 26.4 Å². The highest BCUT2D eigenvalue weighted by molar-refractivity contribution is 8.18. The fourth-order valence-electron chi connectivity index (χ4n) is 2.66. The minimum Gasteiger partial charge on any atom is -0.493 e. The lowest BCUT2D eigenvalue weighted by atomic mass is 10.1. The van der Waals surface area contributed by atoms with E-state index in [9.17, 15) is 14.0 Å². The molecule has 6 nitrogen and oxygen atoms in total. The Kier molecular flexibility index (Phi) is 6.90. The third-order valence-electron chi connectivity index (χ3n) is 4.19. The van der Waals surface area contributed by atoms with Crippen molar-refractivity contribution in [2.24, 2.45) is 0 Å². The van der Waals surface area contributed by atoms with Crippen LogP contribution in [0.1, 0.15) is 11.1 Å². The number of thioether (sulfide) groups is 1. The van der Waals surface area contributed by atoms with E-state index in [2.05, 4.69) is 0 Å². The van der Waals surface area contributed by atoms with Gasteiger partial charge in [-0.05, 0) is 53.2 Å². The SMILES string of the molecule is COCCN1C(=O)S/C(=C/c2ccc(OCc3ccc(F)cc3)c(OC)c2)C1=O. The number of hydrogen-bond acceptors (Lipinski definition) is 6. The van der Waals surface area contributed by atoms with Crippen LogP contribution in [0.2, 0.25) is 0 Å². The molecule has 1 fully saturated rings. The van der Waals surface area contributed by atoms with Gasteiger partial charge in [0, 0.05) is 7.11 Å². The molecule has 0 spiro atoms. The molecule has 8 heteroatoms. The molecule has 0 atom stereocenters. The van der Waals surface area contributed by atoms with Crippen molar-refractivity contribution < 1.29 is 28.2 Å². The van der Waals surface area contributed by atoms with Crippen molar-refractivity contribution in [3.8, 4) is 11.5 Å². The Morgan fingerprint density at radius 1 is 1.07 bits per heavy atom. The highest BCUT2D eigenvalue weighted by Gasteiger charge is 2.34. The van der Waals surface area contributed by atoms with Gasteiger partial charge in [0.05, 0.1) is 25.2 Å². The summed E-state index contributed by atoms with van der Waals surface area (Å²) in [5.41, 5.74) is 1.52. The smallest absolute Gasteiger partial charge is 0.293 e. The molecule has 2 aromatic carbocycles. The predicted octanol–water partition coefficient (Wildman–Crippen LogP) is 4.10. The number of halogens is 1. The number of imide groups is 1. The number of nitrogens with zero attached hydrogens (tertiary/aromatic N) is 1. The quantitative estimate of drug-likeness (QED) is 0.603. The van der Waals surface area contributed by atoms with E-state index in [1.54, 1.807) is 36.4 Å². The first-order valence-corrected chi connectivity index (χ1v) is 9.63. The van der Waals surface area contributed by atoms with Crippen LogP contribution in [-0.2, 0) is 16.1 Å². The monoisotopic (exact) mass is 417 g/mol. The summed E-state index contributed by atoms with van der Waals surface area (Å²) in [5, 5.41) is -0.315. The lowest BCUT2D eigenvalue weighted by Gasteiger charge is -2.12. The van der Waals surface area contributed by atoms with E-state index in [0.717, 1.165) is 22.2 Å². The average molecular weight is 417 g/mol. The summed E-state index contributed by atoms with van der Waals surface area (Å²) < 4.78 is 29.1. The summed E-state index contributed by atoms with van der Waals surface area (Å²) in [6.45, 7) is 0.769. The standard InChI is InChI=1S/C21H20FNO5S/c1-26-10-9-23-20(24)19(29-21(23)25)12-15-5-8-17(18(11-15)27-2)28-13-14-3-6-16(22)7-4-14/h3-8,11-12H,9-10,13H2,1-2H3/b19-12+. The van der Waals surface area contributed by atoms with Crippen LogP contribution in [-0.4, -0.2) is 43.4 Å². The molecule has 29 heavy (non-hydrogen) atoms. The first-order valence-electron chi connectivity index (χ1n) is 8.81. The minimum absolute atomic E-state index is 0.220. The third kappa shape index (κ3) is 5.16. The Morgan fingerprint density at radius 3 is 2.52 bits per heavy atom. The van der Waals surface area contributed by atoms with E-state index in [-0.39, 0.29) is 30.1 Å². The zero-order valence-corrected chi connectivity index (χ0v) is 16.8. The van der Waals surface area contributed by atoms with Gasteiger partial charge in [-0.1, -0.05) is 18.2 Å². The summed E-state index contributed by atoms with van der Waals surface area (Å²) in [4.78, 5) is 25.9. The van der Waals surface area contributed by atoms with Gasteiger partial charge in [0.15, 0.2) is 11.5 Å². The molecule has 3 rings (SSSR count). The molecule has 1 aliphatic rings. The average Bonchev–Trinajstić information content (AvgIpc) is 2.99. The number of methoxy groups -OCH3 is 2. The van der Waals surface area contributed by atoms with E-state index >= 15 is 0 Å². The van der Waals surface area contributed by atoms with E-state index in [4.69, 9.17) is 14.2 Å². The van der Waals surface area contributed by atoms with Crippen LogP contribution in [0.3, 0.4) is 0 Å². The van der Waals surface area contributed by atoms with E-state index < -0.39 is 0 Å². The normalized spacial score (nSPS) is 15.3. The zero-order chi connectivity index (χ0) is 20.8. The van der Waals surface area contributed by atoms with Crippen LogP contribution in [0.15, 0.2) is 47.4 Å². The molecule has 0 aromatic heterocycles. The summed E-state index contributed by atoms with van der Waals surface area (Å²) in [6.07, 6.45) is 1.64. The van der Waals surface area contributed by atoms with Gasteiger partial charge in [0.1, 0.15) is 12.4 Å². The second kappa shape index (κ2) is 9.58. The molecule has 1 heterocycles. The molecule has 152 valence electrons. The number of benzene rings is 2. The summed E-state index contributed by atoms with van der Waals surface area (Å²) in [5.74, 6) is 0.358. The number of carbonyl (C=O) groups excluding carboxylic acids is 2. The van der Waals surface area contributed by atoms with Gasteiger partial charge < -0.3 is 14.2 Å².